The molecule has 4 rings (SSSR count). The number of nitrogens with zero attached hydrogens (tertiary/aromatic N) is 1. The number of methoxy groups -OCH3 is 1. The average molecular weight is 320 g/mol. The summed E-state index contributed by atoms with van der Waals surface area (Å²) in [6, 6.07) is 12.4. The molecule has 3 nitrogen and oxygen atoms in total. The summed E-state index contributed by atoms with van der Waals surface area (Å²) in [6.45, 7) is 2.13. The number of ether oxygens (including phenoxy) is 1. The van der Waals surface area contributed by atoms with Crippen LogP contribution < -0.4 is 4.74 Å². The van der Waals surface area contributed by atoms with Crippen molar-refractivity contribution in [3.63, 3.8) is 0 Å². The van der Waals surface area contributed by atoms with Crippen molar-refractivity contribution >= 4 is 22.4 Å². The monoisotopic (exact) mass is 320 g/mol. The summed E-state index contributed by atoms with van der Waals surface area (Å²) < 4.78 is 5.54. The fraction of sp³-hybridized carbons (Fsp3) is 0.105. The summed E-state index contributed by atoms with van der Waals surface area (Å²) in [7, 11) is 1.70. The van der Waals surface area contributed by atoms with Gasteiger partial charge in [-0.1, -0.05) is 18.2 Å². The van der Waals surface area contributed by atoms with Gasteiger partial charge in [0.2, 0.25) is 0 Å². The van der Waals surface area contributed by atoms with E-state index in [4.69, 9.17) is 4.74 Å². The number of aromatic amines is 1. The van der Waals surface area contributed by atoms with Gasteiger partial charge in [-0.05, 0) is 41.6 Å². The number of para-hydroxylation sites is 1. The maximum atomic E-state index is 5.54. The molecule has 0 fully saturated rings. The molecular formula is C19H16N2OS. The molecule has 3 heterocycles. The number of aromatic nitrogens is 2. The Morgan fingerprint density at radius 3 is 2.74 bits per heavy atom. The van der Waals surface area contributed by atoms with E-state index in [9.17, 15) is 0 Å². The SMILES string of the molecule is COc1ccccc1-c1c[nH]c2nccc(-c3csc(C)c3)c12. The van der Waals surface area contributed by atoms with Crippen LogP contribution in [0.3, 0.4) is 0 Å². The van der Waals surface area contributed by atoms with Crippen LogP contribution >= 0.6 is 11.3 Å². The van der Waals surface area contributed by atoms with Gasteiger partial charge >= 0.3 is 0 Å². The molecule has 0 aliphatic rings. The van der Waals surface area contributed by atoms with Crippen molar-refractivity contribution in [3.05, 3.63) is 59.0 Å². The van der Waals surface area contributed by atoms with Crippen LogP contribution in [0.1, 0.15) is 4.88 Å². The second kappa shape index (κ2) is 5.56. The largest absolute Gasteiger partial charge is 0.496 e. The molecule has 0 atom stereocenters. The van der Waals surface area contributed by atoms with E-state index >= 15 is 0 Å². The van der Waals surface area contributed by atoms with Crippen molar-refractivity contribution in [2.75, 3.05) is 7.11 Å². The van der Waals surface area contributed by atoms with E-state index in [1.54, 1.807) is 18.4 Å². The zero-order chi connectivity index (χ0) is 15.8. The minimum absolute atomic E-state index is 0.865. The highest BCUT2D eigenvalue weighted by Gasteiger charge is 2.15. The normalized spacial score (nSPS) is 11.0. The summed E-state index contributed by atoms with van der Waals surface area (Å²) in [6.07, 6.45) is 3.87. The van der Waals surface area contributed by atoms with Crippen LogP contribution in [0.2, 0.25) is 0 Å². The first kappa shape index (κ1) is 14.0. The van der Waals surface area contributed by atoms with E-state index in [2.05, 4.69) is 40.5 Å². The van der Waals surface area contributed by atoms with Crippen LogP contribution in [0.15, 0.2) is 54.2 Å². The lowest BCUT2D eigenvalue weighted by atomic mass is 9.99. The zero-order valence-corrected chi connectivity index (χ0v) is 13.8. The third kappa shape index (κ3) is 2.32. The fourth-order valence-corrected chi connectivity index (χ4v) is 3.66. The van der Waals surface area contributed by atoms with Gasteiger partial charge in [0.15, 0.2) is 0 Å². The zero-order valence-electron chi connectivity index (χ0n) is 13.0. The van der Waals surface area contributed by atoms with Gasteiger partial charge in [0.1, 0.15) is 11.4 Å². The van der Waals surface area contributed by atoms with Crippen molar-refractivity contribution < 1.29 is 4.74 Å². The Hall–Kier alpha value is -2.59. The fourth-order valence-electron chi connectivity index (χ4n) is 2.96. The molecule has 0 saturated heterocycles. The standard InChI is InChI=1S/C19H16N2OS/c1-12-9-13(11-23-12)14-7-8-20-19-18(14)16(10-21-19)15-5-3-4-6-17(15)22-2/h3-11H,1-2H3,(H,20,21). The molecule has 0 radical (unpaired) electrons. The summed E-state index contributed by atoms with van der Waals surface area (Å²) in [5.41, 5.74) is 5.51. The van der Waals surface area contributed by atoms with E-state index in [0.717, 1.165) is 27.9 Å². The van der Waals surface area contributed by atoms with Crippen molar-refractivity contribution in [1.82, 2.24) is 9.97 Å². The molecule has 4 heteroatoms. The Morgan fingerprint density at radius 2 is 1.96 bits per heavy atom. The lowest BCUT2D eigenvalue weighted by molar-refractivity contribution is 0.416. The number of nitrogens with one attached hydrogen (secondary N) is 1. The number of benzene rings is 1. The highest BCUT2D eigenvalue weighted by atomic mass is 32.1. The topological polar surface area (TPSA) is 37.9 Å². The molecular weight excluding hydrogens is 304 g/mol. The molecule has 0 saturated carbocycles. The lowest BCUT2D eigenvalue weighted by Crippen LogP contribution is -1.87. The first-order chi connectivity index (χ1) is 11.3. The van der Waals surface area contributed by atoms with Crippen LogP contribution in [0, 0.1) is 6.92 Å². The van der Waals surface area contributed by atoms with E-state index in [1.165, 1.54) is 16.0 Å². The number of pyridine rings is 1. The number of thiophene rings is 1. The molecule has 4 aromatic rings. The number of hydrogen-bond acceptors (Lipinski definition) is 3. The van der Waals surface area contributed by atoms with E-state index in [0.29, 0.717) is 0 Å². The second-order valence-corrected chi connectivity index (χ2v) is 6.55. The summed E-state index contributed by atoms with van der Waals surface area (Å²) in [5.74, 6) is 0.865. The molecule has 0 aliphatic heterocycles. The first-order valence-corrected chi connectivity index (χ1v) is 8.31. The average Bonchev–Trinajstić information content (AvgIpc) is 3.21. The van der Waals surface area contributed by atoms with Gasteiger partial charge in [-0.25, -0.2) is 4.98 Å². The molecule has 114 valence electrons. The maximum absolute atomic E-state index is 5.54. The predicted octanol–water partition coefficient (Wildman–Crippen LogP) is 5.28. The number of rotatable bonds is 3. The Balaban J connectivity index is 2.02. The van der Waals surface area contributed by atoms with Gasteiger partial charge < -0.3 is 9.72 Å². The molecule has 0 unspecified atom stereocenters. The van der Waals surface area contributed by atoms with Crippen molar-refractivity contribution in [2.45, 2.75) is 6.92 Å². The van der Waals surface area contributed by atoms with E-state index in [-0.39, 0.29) is 0 Å². The van der Waals surface area contributed by atoms with Gasteiger partial charge in [0, 0.05) is 33.8 Å². The molecule has 0 aliphatic carbocycles. The van der Waals surface area contributed by atoms with Crippen molar-refractivity contribution in [2.24, 2.45) is 0 Å². The molecule has 3 aromatic heterocycles. The Labute approximate surface area is 138 Å². The molecule has 1 N–H and O–H groups in total. The molecule has 0 amide bonds. The summed E-state index contributed by atoms with van der Waals surface area (Å²) in [4.78, 5) is 9.08. The van der Waals surface area contributed by atoms with Gasteiger partial charge in [-0.2, -0.15) is 0 Å². The third-order valence-electron chi connectivity index (χ3n) is 4.01. The van der Waals surface area contributed by atoms with Crippen LogP contribution in [-0.4, -0.2) is 17.1 Å². The number of hydrogen-bond donors (Lipinski definition) is 1. The smallest absolute Gasteiger partial charge is 0.138 e. The Kier molecular flexibility index (Phi) is 3.39. The number of fused-ring (bicyclic) bond motifs is 1. The van der Waals surface area contributed by atoms with Gasteiger partial charge in [0.25, 0.3) is 0 Å². The van der Waals surface area contributed by atoms with Crippen molar-refractivity contribution in [1.29, 1.82) is 0 Å². The predicted molar refractivity (Wildman–Crippen MR) is 96.1 cm³/mol. The van der Waals surface area contributed by atoms with Gasteiger partial charge in [-0.15, -0.1) is 11.3 Å². The Bertz CT molecular complexity index is 984. The molecule has 23 heavy (non-hydrogen) atoms. The maximum Gasteiger partial charge on any atom is 0.138 e. The van der Waals surface area contributed by atoms with Crippen LogP contribution in [0.25, 0.3) is 33.3 Å². The van der Waals surface area contributed by atoms with Crippen LogP contribution in [-0.2, 0) is 0 Å². The minimum Gasteiger partial charge on any atom is -0.496 e. The molecule has 1 aromatic carbocycles. The number of aryl methyl sites for hydroxylation is 1. The van der Waals surface area contributed by atoms with E-state index in [1.807, 2.05) is 30.6 Å². The molecule has 0 bridgehead atoms. The number of H-pyrrole nitrogens is 1. The van der Waals surface area contributed by atoms with Gasteiger partial charge in [-0.3, -0.25) is 0 Å². The lowest BCUT2D eigenvalue weighted by Gasteiger charge is -2.09. The van der Waals surface area contributed by atoms with E-state index < -0.39 is 0 Å². The third-order valence-corrected chi connectivity index (χ3v) is 4.87. The highest BCUT2D eigenvalue weighted by Crippen LogP contribution is 2.39. The first-order valence-electron chi connectivity index (χ1n) is 7.43. The minimum atomic E-state index is 0.865. The summed E-state index contributed by atoms with van der Waals surface area (Å²) >= 11 is 1.76. The Morgan fingerprint density at radius 1 is 1.09 bits per heavy atom. The second-order valence-electron chi connectivity index (χ2n) is 5.43. The van der Waals surface area contributed by atoms with Crippen LogP contribution in [0.5, 0.6) is 5.75 Å². The summed E-state index contributed by atoms with van der Waals surface area (Å²) in [5, 5.41) is 3.33. The van der Waals surface area contributed by atoms with Crippen molar-refractivity contribution in [3.8, 4) is 28.0 Å². The molecule has 0 spiro atoms. The van der Waals surface area contributed by atoms with Crippen LogP contribution in [0.4, 0.5) is 0 Å². The highest BCUT2D eigenvalue weighted by molar-refractivity contribution is 7.10. The quantitative estimate of drug-likeness (QED) is 0.558. The van der Waals surface area contributed by atoms with Gasteiger partial charge in [0.05, 0.1) is 7.11 Å².